The van der Waals surface area contributed by atoms with E-state index in [2.05, 4.69) is 20.8 Å². The van der Waals surface area contributed by atoms with E-state index in [0.717, 1.165) is 25.2 Å². The first-order chi connectivity index (χ1) is 7.37. The van der Waals surface area contributed by atoms with Crippen molar-refractivity contribution in [2.75, 3.05) is 0 Å². The third kappa shape index (κ3) is 1.26. The number of aliphatic hydroxyl groups is 1. The van der Waals surface area contributed by atoms with Crippen molar-refractivity contribution < 1.29 is 9.84 Å². The Bertz CT molecular complexity index is 312. The summed E-state index contributed by atoms with van der Waals surface area (Å²) in [6, 6.07) is 0. The van der Waals surface area contributed by atoms with E-state index in [1.54, 1.807) is 0 Å². The zero-order chi connectivity index (χ0) is 11.6. The minimum atomic E-state index is -0.0977. The average molecular weight is 224 g/mol. The summed E-state index contributed by atoms with van der Waals surface area (Å²) in [6.45, 7) is 6.85. The van der Waals surface area contributed by atoms with Crippen molar-refractivity contribution in [3.63, 3.8) is 0 Å². The van der Waals surface area contributed by atoms with Gasteiger partial charge in [-0.2, -0.15) is 0 Å². The Morgan fingerprint density at radius 3 is 2.56 bits per heavy atom. The van der Waals surface area contributed by atoms with E-state index in [1.807, 2.05) is 0 Å². The second kappa shape index (κ2) is 3.02. The fourth-order valence-corrected chi connectivity index (χ4v) is 4.58. The van der Waals surface area contributed by atoms with Crippen LogP contribution in [0.3, 0.4) is 0 Å². The van der Waals surface area contributed by atoms with Gasteiger partial charge in [0, 0.05) is 0 Å². The Hall–Kier alpha value is -0.0800. The van der Waals surface area contributed by atoms with Crippen LogP contribution in [-0.2, 0) is 4.74 Å². The molecule has 16 heavy (non-hydrogen) atoms. The van der Waals surface area contributed by atoms with Crippen LogP contribution in [-0.4, -0.2) is 22.4 Å². The van der Waals surface area contributed by atoms with Gasteiger partial charge < -0.3 is 9.84 Å². The van der Waals surface area contributed by atoms with Crippen LogP contribution in [0.25, 0.3) is 0 Å². The molecule has 1 unspecified atom stereocenters. The van der Waals surface area contributed by atoms with Gasteiger partial charge in [-0.05, 0) is 63.7 Å². The summed E-state index contributed by atoms with van der Waals surface area (Å²) in [4.78, 5) is 0. The summed E-state index contributed by atoms with van der Waals surface area (Å²) in [6.07, 6.45) is 6.57. The highest BCUT2D eigenvalue weighted by Crippen LogP contribution is 2.63. The molecule has 1 saturated heterocycles. The van der Waals surface area contributed by atoms with Gasteiger partial charge in [0.1, 0.15) is 0 Å². The fraction of sp³-hybridized carbons (Fsp3) is 1.00. The third-order valence-electron chi connectivity index (χ3n) is 5.73. The molecule has 3 aliphatic rings. The molecular formula is C14H24O2. The van der Waals surface area contributed by atoms with Gasteiger partial charge in [0.05, 0.1) is 17.3 Å². The smallest absolute Gasteiger partial charge is 0.0748 e. The molecule has 1 spiro atoms. The van der Waals surface area contributed by atoms with Gasteiger partial charge in [-0.25, -0.2) is 0 Å². The molecular weight excluding hydrogens is 200 g/mol. The molecule has 2 heteroatoms. The van der Waals surface area contributed by atoms with Crippen LogP contribution in [0.4, 0.5) is 0 Å². The summed E-state index contributed by atoms with van der Waals surface area (Å²) in [5.74, 6) is 0.732. The third-order valence-corrected chi connectivity index (χ3v) is 5.73. The number of rotatable bonds is 0. The maximum atomic E-state index is 9.91. The van der Waals surface area contributed by atoms with Crippen LogP contribution in [0.2, 0.25) is 0 Å². The number of ether oxygens (including phenoxy) is 1. The Morgan fingerprint density at radius 1 is 1.06 bits per heavy atom. The fourth-order valence-electron chi connectivity index (χ4n) is 4.58. The molecule has 0 radical (unpaired) electrons. The predicted molar refractivity (Wildman–Crippen MR) is 63.2 cm³/mol. The Balaban J connectivity index is 1.97. The van der Waals surface area contributed by atoms with E-state index in [4.69, 9.17) is 4.74 Å². The summed E-state index contributed by atoms with van der Waals surface area (Å²) in [5, 5.41) is 9.91. The molecule has 2 saturated carbocycles. The SMILES string of the molecule is CC1(C)O[C@@]23CCC(O)C[C@@]2(C)CC[C@@H]1C3. The molecule has 2 aliphatic carbocycles. The largest absolute Gasteiger partial charge is 0.393 e. The Morgan fingerprint density at radius 2 is 1.81 bits per heavy atom. The molecule has 3 fully saturated rings. The number of fused-ring (bicyclic) bond motifs is 1. The van der Waals surface area contributed by atoms with Gasteiger partial charge in [0.15, 0.2) is 0 Å². The molecule has 1 aliphatic heterocycles. The van der Waals surface area contributed by atoms with Crippen LogP contribution in [0.1, 0.15) is 59.3 Å². The second-order valence-corrected chi connectivity index (χ2v) is 7.10. The van der Waals surface area contributed by atoms with E-state index in [0.29, 0.717) is 0 Å². The van der Waals surface area contributed by atoms with Crippen molar-refractivity contribution in [1.29, 1.82) is 0 Å². The van der Waals surface area contributed by atoms with Crippen LogP contribution in [0.15, 0.2) is 0 Å². The van der Waals surface area contributed by atoms with Crippen molar-refractivity contribution in [1.82, 2.24) is 0 Å². The Labute approximate surface area is 98.4 Å². The quantitative estimate of drug-likeness (QED) is 0.685. The van der Waals surface area contributed by atoms with E-state index in [-0.39, 0.29) is 22.7 Å². The summed E-state index contributed by atoms with van der Waals surface area (Å²) in [5.41, 5.74) is 0.355. The maximum absolute atomic E-state index is 9.91. The monoisotopic (exact) mass is 224 g/mol. The average Bonchev–Trinajstić information content (AvgIpc) is 2.39. The first-order valence-electron chi connectivity index (χ1n) is 6.75. The molecule has 4 atom stereocenters. The van der Waals surface area contributed by atoms with Crippen molar-refractivity contribution in [2.24, 2.45) is 11.3 Å². The lowest BCUT2D eigenvalue weighted by molar-refractivity contribution is -0.182. The topological polar surface area (TPSA) is 29.5 Å². The Kier molecular flexibility index (Phi) is 2.09. The molecule has 3 rings (SSSR count). The van der Waals surface area contributed by atoms with Crippen LogP contribution >= 0.6 is 0 Å². The lowest BCUT2D eigenvalue weighted by Gasteiger charge is -2.53. The summed E-state index contributed by atoms with van der Waals surface area (Å²) >= 11 is 0. The van der Waals surface area contributed by atoms with E-state index in [9.17, 15) is 5.11 Å². The standard InChI is InChI=1S/C14H24O2/c1-12(2)10-4-6-13(3)9-11(15)5-7-14(13,8-10)16-12/h10-11,15H,4-9H2,1-3H3/t10-,11?,13-,14-/m1/s1. The lowest BCUT2D eigenvalue weighted by atomic mass is 9.55. The summed E-state index contributed by atoms with van der Waals surface area (Å²) < 4.78 is 6.50. The molecule has 2 nitrogen and oxygen atoms in total. The molecule has 2 bridgehead atoms. The first-order valence-corrected chi connectivity index (χ1v) is 6.75. The minimum absolute atomic E-state index is 0.0556. The van der Waals surface area contributed by atoms with Gasteiger partial charge in [0.2, 0.25) is 0 Å². The predicted octanol–water partition coefficient (Wildman–Crippen LogP) is 2.89. The van der Waals surface area contributed by atoms with E-state index < -0.39 is 0 Å². The van der Waals surface area contributed by atoms with Crippen molar-refractivity contribution >= 4 is 0 Å². The van der Waals surface area contributed by atoms with Crippen LogP contribution < -0.4 is 0 Å². The lowest BCUT2D eigenvalue weighted by Crippen LogP contribution is -2.53. The molecule has 0 aromatic rings. The molecule has 0 aromatic heterocycles. The zero-order valence-corrected chi connectivity index (χ0v) is 10.8. The highest BCUT2D eigenvalue weighted by Gasteiger charge is 2.63. The highest BCUT2D eigenvalue weighted by atomic mass is 16.5. The van der Waals surface area contributed by atoms with Crippen LogP contribution in [0, 0.1) is 11.3 Å². The second-order valence-electron chi connectivity index (χ2n) is 7.10. The van der Waals surface area contributed by atoms with Gasteiger partial charge >= 0.3 is 0 Å². The number of hydrogen-bond donors (Lipinski definition) is 1. The molecule has 1 N–H and O–H groups in total. The normalized spacial score (nSPS) is 54.8. The van der Waals surface area contributed by atoms with E-state index in [1.165, 1.54) is 19.3 Å². The van der Waals surface area contributed by atoms with Gasteiger partial charge in [0.25, 0.3) is 0 Å². The number of aliphatic hydroxyl groups excluding tert-OH is 1. The van der Waals surface area contributed by atoms with Gasteiger partial charge in [-0.1, -0.05) is 6.92 Å². The first kappa shape index (κ1) is 11.0. The van der Waals surface area contributed by atoms with Crippen LogP contribution in [0.5, 0.6) is 0 Å². The van der Waals surface area contributed by atoms with Crippen molar-refractivity contribution in [3.05, 3.63) is 0 Å². The van der Waals surface area contributed by atoms with E-state index >= 15 is 0 Å². The van der Waals surface area contributed by atoms with Crippen molar-refractivity contribution in [2.45, 2.75) is 76.6 Å². The molecule has 0 aromatic carbocycles. The van der Waals surface area contributed by atoms with Gasteiger partial charge in [-0.3, -0.25) is 0 Å². The zero-order valence-electron chi connectivity index (χ0n) is 10.8. The van der Waals surface area contributed by atoms with Crippen molar-refractivity contribution in [3.8, 4) is 0 Å². The van der Waals surface area contributed by atoms with Gasteiger partial charge in [-0.15, -0.1) is 0 Å². The molecule has 0 amide bonds. The minimum Gasteiger partial charge on any atom is -0.393 e. The highest BCUT2D eigenvalue weighted by molar-refractivity contribution is 5.13. The molecule has 92 valence electrons. The summed E-state index contributed by atoms with van der Waals surface area (Å²) in [7, 11) is 0. The maximum Gasteiger partial charge on any atom is 0.0748 e. The molecule has 1 heterocycles. The number of hydrogen-bond acceptors (Lipinski definition) is 2.